The fourth-order valence-corrected chi connectivity index (χ4v) is 2.52. The molecule has 0 unspecified atom stereocenters. The SMILES string of the molecule is CN(C)c1ccc2sc(C(C)(C)C)nc2c1. The van der Waals surface area contributed by atoms with Crippen molar-refractivity contribution in [2.45, 2.75) is 26.2 Å². The molecule has 1 heterocycles. The van der Waals surface area contributed by atoms with Gasteiger partial charge in [0.15, 0.2) is 0 Å². The Labute approximate surface area is 101 Å². The van der Waals surface area contributed by atoms with Crippen molar-refractivity contribution in [1.29, 1.82) is 0 Å². The van der Waals surface area contributed by atoms with Gasteiger partial charge in [0.1, 0.15) is 0 Å². The van der Waals surface area contributed by atoms with Crippen molar-refractivity contribution in [2.75, 3.05) is 19.0 Å². The Hall–Kier alpha value is -1.09. The van der Waals surface area contributed by atoms with Crippen LogP contribution in [0.1, 0.15) is 25.8 Å². The van der Waals surface area contributed by atoms with Crippen molar-refractivity contribution in [3.05, 3.63) is 23.2 Å². The molecule has 0 atom stereocenters. The van der Waals surface area contributed by atoms with E-state index in [1.807, 2.05) is 0 Å². The Bertz CT molecular complexity index is 506. The molecule has 1 aromatic heterocycles. The van der Waals surface area contributed by atoms with E-state index in [0.29, 0.717) is 0 Å². The summed E-state index contributed by atoms with van der Waals surface area (Å²) in [5, 5.41) is 1.21. The molecule has 0 saturated carbocycles. The van der Waals surface area contributed by atoms with E-state index in [2.05, 4.69) is 58.0 Å². The minimum Gasteiger partial charge on any atom is -0.378 e. The summed E-state index contributed by atoms with van der Waals surface area (Å²) in [7, 11) is 4.11. The molecule has 0 amide bonds. The van der Waals surface area contributed by atoms with Gasteiger partial charge < -0.3 is 4.90 Å². The van der Waals surface area contributed by atoms with Crippen molar-refractivity contribution >= 4 is 27.2 Å². The van der Waals surface area contributed by atoms with Crippen molar-refractivity contribution in [3.8, 4) is 0 Å². The number of aromatic nitrogens is 1. The summed E-state index contributed by atoms with van der Waals surface area (Å²) in [6.07, 6.45) is 0. The highest BCUT2D eigenvalue weighted by atomic mass is 32.1. The van der Waals surface area contributed by atoms with Crippen LogP contribution in [0.25, 0.3) is 10.2 Å². The van der Waals surface area contributed by atoms with Crippen LogP contribution in [0.2, 0.25) is 0 Å². The van der Waals surface area contributed by atoms with E-state index in [0.717, 1.165) is 5.52 Å². The Balaban J connectivity index is 2.54. The molecule has 0 saturated heterocycles. The lowest BCUT2D eigenvalue weighted by atomic mass is 9.98. The number of thiazole rings is 1. The van der Waals surface area contributed by atoms with Crippen LogP contribution in [0.4, 0.5) is 5.69 Å². The van der Waals surface area contributed by atoms with Crippen LogP contribution >= 0.6 is 11.3 Å². The topological polar surface area (TPSA) is 16.1 Å². The number of nitrogens with zero attached hydrogens (tertiary/aromatic N) is 2. The minimum atomic E-state index is 0.141. The van der Waals surface area contributed by atoms with Gasteiger partial charge in [-0.3, -0.25) is 0 Å². The molecule has 16 heavy (non-hydrogen) atoms. The molecular weight excluding hydrogens is 216 g/mol. The predicted octanol–water partition coefficient (Wildman–Crippen LogP) is 3.66. The molecule has 0 N–H and O–H groups in total. The first kappa shape index (κ1) is 11.4. The monoisotopic (exact) mass is 234 g/mol. The summed E-state index contributed by atoms with van der Waals surface area (Å²) in [6, 6.07) is 6.46. The van der Waals surface area contributed by atoms with Crippen LogP contribution in [0.3, 0.4) is 0 Å². The average molecular weight is 234 g/mol. The van der Waals surface area contributed by atoms with Gasteiger partial charge in [-0.25, -0.2) is 4.98 Å². The van der Waals surface area contributed by atoms with Crippen molar-refractivity contribution in [1.82, 2.24) is 4.98 Å². The summed E-state index contributed by atoms with van der Waals surface area (Å²) in [5.74, 6) is 0. The molecule has 86 valence electrons. The van der Waals surface area contributed by atoms with E-state index >= 15 is 0 Å². The van der Waals surface area contributed by atoms with Crippen molar-refractivity contribution < 1.29 is 0 Å². The van der Waals surface area contributed by atoms with Crippen molar-refractivity contribution in [2.24, 2.45) is 0 Å². The number of rotatable bonds is 1. The van der Waals surface area contributed by atoms with E-state index in [4.69, 9.17) is 4.98 Å². The minimum absolute atomic E-state index is 0.141. The maximum Gasteiger partial charge on any atom is 0.0992 e. The largest absolute Gasteiger partial charge is 0.378 e. The van der Waals surface area contributed by atoms with Gasteiger partial charge in [0, 0.05) is 25.2 Å². The van der Waals surface area contributed by atoms with E-state index in [-0.39, 0.29) is 5.41 Å². The fourth-order valence-electron chi connectivity index (χ4n) is 1.51. The van der Waals surface area contributed by atoms with Crippen LogP contribution in [0.5, 0.6) is 0 Å². The first-order valence-corrected chi connectivity index (χ1v) is 6.28. The van der Waals surface area contributed by atoms with Gasteiger partial charge in [-0.2, -0.15) is 0 Å². The molecule has 0 bridgehead atoms. The maximum absolute atomic E-state index is 4.72. The highest BCUT2D eigenvalue weighted by Crippen LogP contribution is 2.32. The predicted molar refractivity (Wildman–Crippen MR) is 72.6 cm³/mol. The molecule has 2 nitrogen and oxygen atoms in total. The lowest BCUT2D eigenvalue weighted by molar-refractivity contribution is 0.587. The Morgan fingerprint density at radius 1 is 1.19 bits per heavy atom. The van der Waals surface area contributed by atoms with Crippen LogP contribution in [0, 0.1) is 0 Å². The highest BCUT2D eigenvalue weighted by molar-refractivity contribution is 7.18. The molecule has 0 spiro atoms. The standard InChI is InChI=1S/C13H18N2S/c1-13(2,3)12-14-10-8-9(15(4)5)6-7-11(10)16-12/h6-8H,1-5H3. The summed E-state index contributed by atoms with van der Waals surface area (Å²) in [5.41, 5.74) is 2.46. The normalized spacial score (nSPS) is 12.1. The second-order valence-electron chi connectivity index (χ2n) is 5.32. The van der Waals surface area contributed by atoms with Gasteiger partial charge in [-0.15, -0.1) is 11.3 Å². The lowest BCUT2D eigenvalue weighted by Crippen LogP contribution is -2.10. The second kappa shape index (κ2) is 3.74. The summed E-state index contributed by atoms with van der Waals surface area (Å²) in [6.45, 7) is 6.62. The van der Waals surface area contributed by atoms with E-state index in [9.17, 15) is 0 Å². The molecule has 2 rings (SSSR count). The summed E-state index contributed by atoms with van der Waals surface area (Å²) < 4.78 is 1.27. The highest BCUT2D eigenvalue weighted by Gasteiger charge is 2.18. The Morgan fingerprint density at radius 2 is 1.88 bits per heavy atom. The Kier molecular flexibility index (Phi) is 2.66. The Morgan fingerprint density at radius 3 is 2.44 bits per heavy atom. The van der Waals surface area contributed by atoms with E-state index in [1.165, 1.54) is 15.4 Å². The number of anilines is 1. The smallest absolute Gasteiger partial charge is 0.0992 e. The zero-order valence-corrected chi connectivity index (χ0v) is 11.4. The molecule has 0 aliphatic heterocycles. The number of fused-ring (bicyclic) bond motifs is 1. The quantitative estimate of drug-likeness (QED) is 0.748. The molecule has 0 aliphatic carbocycles. The van der Waals surface area contributed by atoms with Gasteiger partial charge in [0.2, 0.25) is 0 Å². The zero-order valence-electron chi connectivity index (χ0n) is 10.5. The first-order valence-electron chi connectivity index (χ1n) is 5.46. The number of hydrogen-bond donors (Lipinski definition) is 0. The van der Waals surface area contributed by atoms with Crippen LogP contribution in [-0.2, 0) is 5.41 Å². The van der Waals surface area contributed by atoms with Gasteiger partial charge in [-0.1, -0.05) is 20.8 Å². The first-order chi connectivity index (χ1) is 7.38. The van der Waals surface area contributed by atoms with Crippen molar-refractivity contribution in [3.63, 3.8) is 0 Å². The second-order valence-corrected chi connectivity index (χ2v) is 6.35. The lowest BCUT2D eigenvalue weighted by Gasteiger charge is -2.13. The average Bonchev–Trinajstić information content (AvgIpc) is 2.58. The molecule has 3 heteroatoms. The number of benzene rings is 1. The van der Waals surface area contributed by atoms with E-state index < -0.39 is 0 Å². The van der Waals surface area contributed by atoms with E-state index in [1.54, 1.807) is 11.3 Å². The van der Waals surface area contributed by atoms with Crippen LogP contribution < -0.4 is 4.90 Å². The van der Waals surface area contributed by atoms with Gasteiger partial charge in [0.25, 0.3) is 0 Å². The molecule has 1 aromatic carbocycles. The number of hydrogen-bond acceptors (Lipinski definition) is 3. The van der Waals surface area contributed by atoms with Gasteiger partial charge in [0.05, 0.1) is 15.2 Å². The molecule has 2 aromatic rings. The zero-order chi connectivity index (χ0) is 11.9. The van der Waals surface area contributed by atoms with Crippen LogP contribution in [-0.4, -0.2) is 19.1 Å². The molecular formula is C13H18N2S. The molecule has 0 fully saturated rings. The third-order valence-corrected chi connectivity index (χ3v) is 3.99. The summed E-state index contributed by atoms with van der Waals surface area (Å²) in [4.78, 5) is 6.83. The van der Waals surface area contributed by atoms with Gasteiger partial charge in [-0.05, 0) is 18.2 Å². The maximum atomic E-state index is 4.72. The fraction of sp³-hybridized carbons (Fsp3) is 0.462. The third-order valence-electron chi connectivity index (χ3n) is 2.53. The molecule has 0 aliphatic rings. The molecule has 0 radical (unpaired) electrons. The third kappa shape index (κ3) is 2.05. The van der Waals surface area contributed by atoms with Crippen LogP contribution in [0.15, 0.2) is 18.2 Å². The summed E-state index contributed by atoms with van der Waals surface area (Å²) >= 11 is 1.80. The van der Waals surface area contributed by atoms with Gasteiger partial charge >= 0.3 is 0 Å².